The molecule has 5 rings (SSSR count). The zero-order chi connectivity index (χ0) is 34.9. The number of rotatable bonds is 16. The predicted octanol–water partition coefficient (Wildman–Crippen LogP) is 5.87. The Morgan fingerprint density at radius 2 is 1.86 bits per heavy atom. The van der Waals surface area contributed by atoms with Crippen molar-refractivity contribution in [3.05, 3.63) is 81.7 Å². The van der Waals surface area contributed by atoms with Gasteiger partial charge in [-0.2, -0.15) is 0 Å². The summed E-state index contributed by atoms with van der Waals surface area (Å²) in [6.45, 7) is 4.83. The number of aliphatic imine (C=N–C) groups is 1. The standard InChI is InChI=1S/C40H52N4O5/c1-3-5-7-10-31(35(46)11-8-6-4-2)36(47)18-14-26-15-19-37(48)38(20-26)49-39-13-9-12-34(45)30-17-16-27(40(41)42)21-28(30)22-29-23-43-33-25-44(39)24-32(29)33/h15-17,19-21,23,25,31,34-35,39-40,45-46,48H,3-8,10-11,13-14,18,22,24,41-42H2,1-2H3/t31-,34+,35-,39-/m1/s1. The van der Waals surface area contributed by atoms with Crippen molar-refractivity contribution in [1.29, 1.82) is 0 Å². The van der Waals surface area contributed by atoms with Gasteiger partial charge in [0, 0.05) is 36.9 Å². The number of carbonyl (C=O) groups excluding carboxylic acids is 1. The fourth-order valence-electron chi connectivity index (χ4n) is 6.88. The van der Waals surface area contributed by atoms with Crippen LogP contribution in [0, 0.1) is 17.8 Å². The lowest BCUT2D eigenvalue weighted by Crippen LogP contribution is -2.35. The third kappa shape index (κ3) is 9.20. The highest BCUT2D eigenvalue weighted by Crippen LogP contribution is 2.36. The number of ketones is 1. The fourth-order valence-corrected chi connectivity index (χ4v) is 6.88. The van der Waals surface area contributed by atoms with Gasteiger partial charge in [-0.3, -0.25) is 9.79 Å². The zero-order valence-corrected chi connectivity index (χ0v) is 28.9. The first-order valence-corrected chi connectivity index (χ1v) is 17.9. The van der Waals surface area contributed by atoms with Crippen LogP contribution in [-0.2, 0) is 17.6 Å². The minimum absolute atomic E-state index is 0.00853. The number of nitrogens with zero attached hydrogens (tertiary/aromatic N) is 2. The number of hydrogen-bond acceptors (Lipinski definition) is 9. The van der Waals surface area contributed by atoms with E-state index in [1.165, 1.54) is 0 Å². The maximum absolute atomic E-state index is 13.4. The van der Waals surface area contributed by atoms with Crippen molar-refractivity contribution < 1.29 is 24.9 Å². The molecule has 7 N–H and O–H groups in total. The lowest BCUT2D eigenvalue weighted by atomic mass is 9.86. The maximum Gasteiger partial charge on any atom is 0.183 e. The van der Waals surface area contributed by atoms with Crippen molar-refractivity contribution in [2.45, 2.75) is 115 Å². The molecule has 0 radical (unpaired) electrons. The van der Waals surface area contributed by atoms with Crippen LogP contribution >= 0.6 is 0 Å². The van der Waals surface area contributed by atoms with Crippen molar-refractivity contribution in [1.82, 2.24) is 4.90 Å². The van der Waals surface area contributed by atoms with Gasteiger partial charge in [0.05, 0.1) is 24.4 Å². The minimum Gasteiger partial charge on any atom is -0.504 e. The van der Waals surface area contributed by atoms with E-state index in [1.54, 1.807) is 12.1 Å². The summed E-state index contributed by atoms with van der Waals surface area (Å²) in [5, 5.41) is 32.9. The van der Waals surface area contributed by atoms with E-state index < -0.39 is 24.6 Å². The van der Waals surface area contributed by atoms with Gasteiger partial charge in [-0.1, -0.05) is 88.5 Å². The molecule has 2 bridgehead atoms. The van der Waals surface area contributed by atoms with Crippen LogP contribution in [0.1, 0.15) is 113 Å². The number of aliphatic hydroxyl groups excluding tert-OH is 2. The molecular weight excluding hydrogens is 616 g/mol. The second-order valence-corrected chi connectivity index (χ2v) is 13.5. The number of nitrogens with two attached hydrogens (primary N) is 2. The van der Waals surface area contributed by atoms with Gasteiger partial charge in [0.2, 0.25) is 0 Å². The number of hydrogen-bond donors (Lipinski definition) is 5. The summed E-state index contributed by atoms with van der Waals surface area (Å²) in [7, 11) is 0. The fraction of sp³-hybridized carbons (Fsp3) is 0.500. The molecule has 9 heteroatoms. The molecule has 4 atom stereocenters. The van der Waals surface area contributed by atoms with Gasteiger partial charge in [-0.15, -0.1) is 0 Å². The van der Waals surface area contributed by atoms with Crippen LogP contribution < -0.4 is 16.2 Å². The van der Waals surface area contributed by atoms with Crippen molar-refractivity contribution in [2.75, 3.05) is 6.54 Å². The van der Waals surface area contributed by atoms with E-state index in [4.69, 9.17) is 16.2 Å². The van der Waals surface area contributed by atoms with Crippen molar-refractivity contribution in [3.8, 4) is 23.3 Å². The molecule has 2 aromatic carbocycles. The van der Waals surface area contributed by atoms with Crippen LogP contribution in [0.15, 0.2) is 64.4 Å². The predicted molar refractivity (Wildman–Crippen MR) is 193 cm³/mol. The Balaban J connectivity index is 1.32. The van der Waals surface area contributed by atoms with E-state index in [9.17, 15) is 20.1 Å². The van der Waals surface area contributed by atoms with Gasteiger partial charge in [0.25, 0.3) is 0 Å². The molecule has 0 saturated heterocycles. The van der Waals surface area contributed by atoms with E-state index in [0.717, 1.165) is 72.1 Å². The van der Waals surface area contributed by atoms with Gasteiger partial charge in [-0.05, 0) is 65.6 Å². The first-order chi connectivity index (χ1) is 23.7. The summed E-state index contributed by atoms with van der Waals surface area (Å²) in [4.78, 5) is 20.1. The second kappa shape index (κ2) is 17.1. The van der Waals surface area contributed by atoms with E-state index in [-0.39, 0.29) is 23.9 Å². The number of carbonyl (C=O) groups is 1. The molecule has 0 fully saturated rings. The normalized spacial score (nSPS) is 19.5. The molecule has 0 unspecified atom stereocenters. The van der Waals surface area contributed by atoms with Gasteiger partial charge in [-0.25, -0.2) is 0 Å². The summed E-state index contributed by atoms with van der Waals surface area (Å²) in [6, 6.07) is 10.8. The first-order valence-electron chi connectivity index (χ1n) is 17.9. The van der Waals surface area contributed by atoms with E-state index >= 15 is 0 Å². The summed E-state index contributed by atoms with van der Waals surface area (Å²) in [5.41, 5.74) is 18.1. The molecular formula is C40H52N4O5. The molecule has 9 nitrogen and oxygen atoms in total. The van der Waals surface area contributed by atoms with Gasteiger partial charge >= 0.3 is 0 Å². The number of fused-ring (bicyclic) bond motifs is 2. The highest BCUT2D eigenvalue weighted by atomic mass is 16.5. The van der Waals surface area contributed by atoms with Crippen molar-refractivity contribution in [2.24, 2.45) is 22.4 Å². The van der Waals surface area contributed by atoms with E-state index in [2.05, 4.69) is 30.7 Å². The Bertz CT molecular complexity index is 1630. The number of ether oxygens (including phenoxy) is 1. The molecule has 0 amide bonds. The van der Waals surface area contributed by atoms with Crippen molar-refractivity contribution in [3.63, 3.8) is 0 Å². The zero-order valence-electron chi connectivity index (χ0n) is 28.9. The van der Waals surface area contributed by atoms with Crippen LogP contribution in [0.5, 0.6) is 11.5 Å². The molecule has 0 aromatic heterocycles. The Labute approximate surface area is 290 Å². The quantitative estimate of drug-likeness (QED) is 0.0845. The molecule has 3 heterocycles. The smallest absolute Gasteiger partial charge is 0.183 e. The van der Waals surface area contributed by atoms with Gasteiger partial charge in [0.1, 0.15) is 11.9 Å². The lowest BCUT2D eigenvalue weighted by Gasteiger charge is -2.28. The van der Waals surface area contributed by atoms with Gasteiger partial charge < -0.3 is 36.4 Å². The molecule has 0 spiro atoms. The average Bonchev–Trinajstić information content (AvgIpc) is 3.67. The number of aromatic hydroxyl groups is 1. The van der Waals surface area contributed by atoms with Crippen LogP contribution in [0.2, 0.25) is 0 Å². The first kappa shape index (κ1) is 36.3. The number of allylic oxidation sites excluding steroid dienone is 1. The molecule has 2 aromatic rings. The Morgan fingerprint density at radius 1 is 1.08 bits per heavy atom. The molecule has 3 aliphatic rings. The average molecular weight is 669 g/mol. The lowest BCUT2D eigenvalue weighted by molar-refractivity contribution is -0.126. The maximum atomic E-state index is 13.4. The molecule has 0 aliphatic carbocycles. The molecule has 49 heavy (non-hydrogen) atoms. The van der Waals surface area contributed by atoms with Crippen LogP contribution in [0.4, 0.5) is 0 Å². The molecule has 3 aliphatic heterocycles. The number of Topliss-reactive ketones (excluding diaryl/α,β-unsaturated/α-hetero) is 1. The summed E-state index contributed by atoms with van der Waals surface area (Å²) in [5.74, 6) is 6.13. The van der Waals surface area contributed by atoms with Crippen LogP contribution in [0.25, 0.3) is 0 Å². The summed E-state index contributed by atoms with van der Waals surface area (Å²) < 4.78 is 6.45. The number of benzene rings is 2. The number of unbranched alkanes of at least 4 members (excludes halogenated alkanes) is 4. The number of phenols is 1. The number of aliphatic hydroxyl groups is 2. The highest BCUT2D eigenvalue weighted by Gasteiger charge is 2.31. The third-order valence-corrected chi connectivity index (χ3v) is 9.85. The summed E-state index contributed by atoms with van der Waals surface area (Å²) in [6.07, 6.45) is 10.0. The van der Waals surface area contributed by atoms with E-state index in [0.29, 0.717) is 50.0 Å². The largest absolute Gasteiger partial charge is 0.504 e. The van der Waals surface area contributed by atoms with Crippen LogP contribution in [0.3, 0.4) is 0 Å². The van der Waals surface area contributed by atoms with Gasteiger partial charge in [0.15, 0.2) is 17.7 Å². The van der Waals surface area contributed by atoms with Crippen molar-refractivity contribution >= 4 is 12.0 Å². The summed E-state index contributed by atoms with van der Waals surface area (Å²) >= 11 is 0. The Morgan fingerprint density at radius 3 is 2.61 bits per heavy atom. The number of aryl methyl sites for hydroxylation is 1. The minimum atomic E-state index is -1.02. The Kier molecular flexibility index (Phi) is 12.7. The van der Waals surface area contributed by atoms with E-state index in [1.807, 2.05) is 41.6 Å². The molecule has 262 valence electrons. The second-order valence-electron chi connectivity index (χ2n) is 13.5. The monoisotopic (exact) mass is 668 g/mol. The topological polar surface area (TPSA) is 155 Å². The SMILES string of the molecule is CCCCC[C@@H](O)[C@@H](CCCCC)C(=O)CCc1ccc(O)c(O[C@@H]2CC#C[C@H](O)c3ccc(C(N)N)cc3CC3=C4CN2C=C4N=C3)c1. The van der Waals surface area contributed by atoms with Crippen LogP contribution in [-0.4, -0.2) is 51.1 Å². The number of phenolic OH excluding ortho intramolecular Hbond substituents is 1. The highest BCUT2D eigenvalue weighted by molar-refractivity contribution is 5.87. The molecule has 0 saturated carbocycles. The Hall–Kier alpha value is -3.94. The third-order valence-electron chi connectivity index (χ3n) is 9.85.